The summed E-state index contributed by atoms with van der Waals surface area (Å²) in [5.41, 5.74) is 1.46. The maximum Gasteiger partial charge on any atom is 0.271 e. The molecule has 164 valence electrons. The normalized spacial score (nSPS) is 23.6. The van der Waals surface area contributed by atoms with Gasteiger partial charge in [-0.25, -0.2) is 14.4 Å². The van der Waals surface area contributed by atoms with E-state index in [9.17, 15) is 9.18 Å². The van der Waals surface area contributed by atoms with Gasteiger partial charge in [-0.05, 0) is 59.3 Å². The van der Waals surface area contributed by atoms with Crippen LogP contribution in [0.5, 0.6) is 0 Å². The highest BCUT2D eigenvalue weighted by Gasteiger charge is 2.36. The number of carbonyl (C=O) groups excluding carboxylic acids is 1. The Bertz CT molecular complexity index is 969. The molecule has 0 aliphatic carbocycles. The van der Waals surface area contributed by atoms with Crippen molar-refractivity contribution < 1.29 is 9.18 Å². The molecular formula is C22H25BrFN5OS. The van der Waals surface area contributed by atoms with Crippen LogP contribution in [0.15, 0.2) is 46.8 Å². The summed E-state index contributed by atoms with van der Waals surface area (Å²) >= 11 is 4.94. The number of aromatic nitrogens is 2. The minimum Gasteiger partial charge on any atom is -0.368 e. The molecule has 2 aromatic rings. The van der Waals surface area contributed by atoms with Crippen LogP contribution < -0.4 is 10.6 Å². The Morgan fingerprint density at radius 3 is 2.71 bits per heavy atom. The first-order valence-corrected chi connectivity index (χ1v) is 12.1. The topological polar surface area (TPSA) is 70.2 Å². The van der Waals surface area contributed by atoms with Gasteiger partial charge in [0, 0.05) is 30.4 Å². The van der Waals surface area contributed by atoms with Crippen LogP contribution >= 0.6 is 27.7 Å². The first kappa shape index (κ1) is 22.1. The van der Waals surface area contributed by atoms with E-state index in [1.54, 1.807) is 36.3 Å². The predicted molar refractivity (Wildman–Crippen MR) is 126 cm³/mol. The molecule has 0 saturated carbocycles. The lowest BCUT2D eigenvalue weighted by Gasteiger charge is -2.40. The van der Waals surface area contributed by atoms with Crippen LogP contribution in [0, 0.1) is 11.7 Å². The average Bonchev–Trinajstić information content (AvgIpc) is 3.15. The van der Waals surface area contributed by atoms with Gasteiger partial charge in [-0.15, -0.1) is 0 Å². The van der Waals surface area contributed by atoms with Gasteiger partial charge < -0.3 is 15.5 Å². The van der Waals surface area contributed by atoms with Crippen LogP contribution in [0.3, 0.4) is 0 Å². The van der Waals surface area contributed by atoms with Crippen molar-refractivity contribution >= 4 is 44.5 Å². The Kier molecular flexibility index (Phi) is 6.81. The van der Waals surface area contributed by atoms with Crippen molar-refractivity contribution in [1.82, 2.24) is 20.2 Å². The largest absolute Gasteiger partial charge is 0.368 e. The maximum atomic E-state index is 13.7. The van der Waals surface area contributed by atoms with Crippen LogP contribution in [-0.2, 0) is 4.79 Å². The minimum atomic E-state index is -0.285. The number of carbonyl (C=O) groups is 1. The summed E-state index contributed by atoms with van der Waals surface area (Å²) in [5.74, 6) is 0.600. The van der Waals surface area contributed by atoms with Crippen molar-refractivity contribution in [2.24, 2.45) is 5.92 Å². The second-order valence-electron chi connectivity index (χ2n) is 7.91. The first-order chi connectivity index (χ1) is 14.9. The van der Waals surface area contributed by atoms with E-state index in [-0.39, 0.29) is 23.1 Å². The van der Waals surface area contributed by atoms with Gasteiger partial charge in [-0.3, -0.25) is 4.79 Å². The van der Waals surface area contributed by atoms with E-state index in [1.807, 2.05) is 11.8 Å². The van der Waals surface area contributed by atoms with Gasteiger partial charge in [0.25, 0.3) is 5.91 Å². The van der Waals surface area contributed by atoms with Gasteiger partial charge in [0.1, 0.15) is 11.5 Å². The quantitative estimate of drug-likeness (QED) is 0.624. The highest BCUT2D eigenvalue weighted by molar-refractivity contribution is 9.10. The number of benzene rings is 1. The molecule has 1 saturated heterocycles. The molecule has 1 aromatic carbocycles. The smallest absolute Gasteiger partial charge is 0.271 e. The zero-order valence-corrected chi connectivity index (χ0v) is 19.8. The number of piperidine rings is 1. The Labute approximate surface area is 194 Å². The zero-order chi connectivity index (χ0) is 22.0. The molecule has 3 heterocycles. The molecule has 3 atom stereocenters. The highest BCUT2D eigenvalue weighted by atomic mass is 79.9. The van der Waals surface area contributed by atoms with Gasteiger partial charge in [-0.1, -0.05) is 30.8 Å². The summed E-state index contributed by atoms with van der Waals surface area (Å²) in [5, 5.41) is 6.70. The molecule has 2 N–H and O–H groups in total. The number of nitrogens with zero attached hydrogens (tertiary/aromatic N) is 3. The van der Waals surface area contributed by atoms with Crippen LogP contribution in [0.4, 0.5) is 10.3 Å². The van der Waals surface area contributed by atoms with Crippen LogP contribution in [0.1, 0.15) is 32.3 Å². The molecule has 1 fully saturated rings. The summed E-state index contributed by atoms with van der Waals surface area (Å²) in [6, 6.07) is 6.35. The van der Waals surface area contributed by atoms with E-state index in [0.717, 1.165) is 27.8 Å². The number of nitrogens with one attached hydrogen (secondary N) is 2. The maximum absolute atomic E-state index is 13.7. The lowest BCUT2D eigenvalue weighted by atomic mass is 9.90. The predicted octanol–water partition coefficient (Wildman–Crippen LogP) is 4.47. The molecule has 0 bridgehead atoms. The van der Waals surface area contributed by atoms with E-state index >= 15 is 0 Å². The number of likely N-dealkylation sites (tertiary alicyclic amines) is 1. The van der Waals surface area contributed by atoms with E-state index in [4.69, 9.17) is 0 Å². The fourth-order valence-electron chi connectivity index (χ4n) is 4.06. The third-order valence-electron chi connectivity index (χ3n) is 5.66. The number of thioether (sulfide) groups is 1. The zero-order valence-electron chi connectivity index (χ0n) is 17.4. The van der Waals surface area contributed by atoms with Crippen molar-refractivity contribution in [3.63, 3.8) is 0 Å². The number of hydrogen-bond donors (Lipinski definition) is 2. The molecule has 4 rings (SSSR count). The first-order valence-electron chi connectivity index (χ1n) is 10.4. The van der Waals surface area contributed by atoms with Crippen LogP contribution in [0.2, 0.25) is 0 Å². The third-order valence-corrected chi connectivity index (χ3v) is 7.21. The molecule has 2 aliphatic rings. The minimum absolute atomic E-state index is 0.00810. The summed E-state index contributed by atoms with van der Waals surface area (Å²) < 4.78 is 14.2. The second kappa shape index (κ2) is 9.56. The molecule has 31 heavy (non-hydrogen) atoms. The Balaban J connectivity index is 1.57. The lowest BCUT2D eigenvalue weighted by Crippen LogP contribution is -2.52. The van der Waals surface area contributed by atoms with Crippen LogP contribution in [0.25, 0.3) is 4.91 Å². The van der Waals surface area contributed by atoms with E-state index < -0.39 is 0 Å². The Morgan fingerprint density at radius 2 is 2.00 bits per heavy atom. The van der Waals surface area contributed by atoms with Crippen molar-refractivity contribution in [3.8, 4) is 0 Å². The number of hydrogen-bond acceptors (Lipinski definition) is 6. The molecule has 1 unspecified atom stereocenters. The van der Waals surface area contributed by atoms with Gasteiger partial charge in [0.2, 0.25) is 5.95 Å². The van der Waals surface area contributed by atoms with Crippen LogP contribution in [-0.4, -0.2) is 45.3 Å². The van der Waals surface area contributed by atoms with Crippen molar-refractivity contribution in [2.45, 2.75) is 38.1 Å². The summed E-state index contributed by atoms with van der Waals surface area (Å²) in [7, 11) is 0. The summed E-state index contributed by atoms with van der Waals surface area (Å²) in [6.45, 7) is 5.49. The molecule has 6 nitrogen and oxygen atoms in total. The molecule has 0 spiro atoms. The molecule has 0 radical (unpaired) electrons. The fraction of sp³-hybridized carbons (Fsp3) is 0.409. The van der Waals surface area contributed by atoms with Gasteiger partial charge >= 0.3 is 0 Å². The van der Waals surface area contributed by atoms with Gasteiger partial charge in [-0.2, -0.15) is 0 Å². The molecule has 9 heteroatoms. The van der Waals surface area contributed by atoms with Crippen molar-refractivity contribution in [1.29, 1.82) is 0 Å². The molecular weight excluding hydrogens is 481 g/mol. The molecule has 2 aliphatic heterocycles. The van der Waals surface area contributed by atoms with Gasteiger partial charge in [0.05, 0.1) is 15.9 Å². The van der Waals surface area contributed by atoms with E-state index in [0.29, 0.717) is 30.7 Å². The monoisotopic (exact) mass is 505 g/mol. The third kappa shape index (κ3) is 5.03. The number of anilines is 1. The Morgan fingerprint density at radius 1 is 1.29 bits per heavy atom. The average molecular weight is 506 g/mol. The number of amides is 1. The fourth-order valence-corrected chi connectivity index (χ4v) is 5.33. The second-order valence-corrected chi connectivity index (χ2v) is 10.2. The highest BCUT2D eigenvalue weighted by Crippen LogP contribution is 2.39. The van der Waals surface area contributed by atoms with E-state index in [1.165, 1.54) is 12.1 Å². The summed E-state index contributed by atoms with van der Waals surface area (Å²) in [6.07, 6.45) is 5.44. The lowest BCUT2D eigenvalue weighted by molar-refractivity contribution is -0.132. The van der Waals surface area contributed by atoms with Crippen molar-refractivity contribution in [3.05, 3.63) is 58.2 Å². The van der Waals surface area contributed by atoms with Gasteiger partial charge in [0.15, 0.2) is 0 Å². The van der Waals surface area contributed by atoms with Crippen molar-refractivity contribution in [2.75, 3.05) is 18.4 Å². The summed E-state index contributed by atoms with van der Waals surface area (Å²) in [4.78, 5) is 25.0. The number of halogens is 2. The standard InChI is InChI=1S/C22H25BrFN5OS/c1-13-4-3-9-29(18(13)12-27-22-25-10-16(23)11-26-22)21(30)19-20(31-14(2)28-19)15-5-7-17(24)8-6-15/h5-8,10-11,13-14,18,28H,3-4,9,12H2,1-2H3,(H,25,26,27)/t13-,14?,18-/m1/s1. The SMILES string of the molecule is CC1NC(C(=O)N2CCC[C@@H](C)[C@H]2CNc2ncc(Br)cn2)=C(c2ccc(F)cc2)S1. The Hall–Kier alpha value is -2.13. The van der Waals surface area contributed by atoms with E-state index in [2.05, 4.69) is 43.5 Å². The molecule has 1 amide bonds. The number of rotatable bonds is 5. The molecule has 1 aromatic heterocycles.